The Morgan fingerprint density at radius 1 is 1.21 bits per heavy atom. The van der Waals surface area contributed by atoms with Crippen molar-refractivity contribution in [3.8, 4) is 0 Å². The molecule has 0 saturated heterocycles. The third-order valence-corrected chi connectivity index (χ3v) is 4.82. The van der Waals surface area contributed by atoms with E-state index in [0.717, 1.165) is 10.6 Å². The molecule has 0 aromatic heterocycles. The summed E-state index contributed by atoms with van der Waals surface area (Å²) in [7, 11) is 0. The molecule has 0 aliphatic heterocycles. The smallest absolute Gasteiger partial charge is 0.0468 e. The predicted octanol–water partition coefficient (Wildman–Crippen LogP) is 5.61. The highest BCUT2D eigenvalue weighted by molar-refractivity contribution is 6.35. The zero-order valence-corrected chi connectivity index (χ0v) is 13.5. The van der Waals surface area contributed by atoms with E-state index >= 15 is 0 Å². The topological polar surface area (TPSA) is 12.0 Å². The fourth-order valence-corrected chi connectivity index (χ4v) is 3.43. The van der Waals surface area contributed by atoms with Crippen LogP contribution >= 0.6 is 23.2 Å². The SMILES string of the molecule is CC(NC1CCC(C)(C)CC1)c1ccc(Cl)cc1Cl. The van der Waals surface area contributed by atoms with Gasteiger partial charge in [-0.3, -0.25) is 0 Å². The molecule has 0 amide bonds. The highest BCUT2D eigenvalue weighted by Gasteiger charge is 2.27. The maximum atomic E-state index is 6.26. The van der Waals surface area contributed by atoms with Crippen LogP contribution in [-0.4, -0.2) is 6.04 Å². The fraction of sp³-hybridized carbons (Fsp3) is 0.625. The number of rotatable bonds is 3. The molecule has 19 heavy (non-hydrogen) atoms. The third-order valence-electron chi connectivity index (χ3n) is 4.25. The third kappa shape index (κ3) is 4.11. The quantitative estimate of drug-likeness (QED) is 0.764. The first-order valence-corrected chi connectivity index (χ1v) is 7.84. The van der Waals surface area contributed by atoms with Gasteiger partial charge < -0.3 is 5.32 Å². The van der Waals surface area contributed by atoms with Crippen molar-refractivity contribution in [1.82, 2.24) is 5.32 Å². The molecule has 0 bridgehead atoms. The van der Waals surface area contributed by atoms with Crippen LogP contribution < -0.4 is 5.32 Å². The van der Waals surface area contributed by atoms with E-state index < -0.39 is 0 Å². The van der Waals surface area contributed by atoms with Gasteiger partial charge in [-0.05, 0) is 55.7 Å². The molecule has 1 aliphatic carbocycles. The van der Waals surface area contributed by atoms with Crippen molar-refractivity contribution in [2.45, 2.75) is 58.5 Å². The molecular weight excluding hydrogens is 277 g/mol. The Kier molecular flexibility index (Phi) is 4.81. The average Bonchev–Trinajstić information content (AvgIpc) is 2.31. The minimum Gasteiger partial charge on any atom is -0.307 e. The van der Waals surface area contributed by atoms with Gasteiger partial charge in [-0.25, -0.2) is 0 Å². The summed E-state index contributed by atoms with van der Waals surface area (Å²) >= 11 is 12.2. The van der Waals surface area contributed by atoms with E-state index in [4.69, 9.17) is 23.2 Å². The lowest BCUT2D eigenvalue weighted by atomic mass is 9.75. The van der Waals surface area contributed by atoms with E-state index in [9.17, 15) is 0 Å². The van der Waals surface area contributed by atoms with Crippen molar-refractivity contribution in [2.75, 3.05) is 0 Å². The zero-order chi connectivity index (χ0) is 14.0. The summed E-state index contributed by atoms with van der Waals surface area (Å²) < 4.78 is 0. The van der Waals surface area contributed by atoms with Gasteiger partial charge in [0.1, 0.15) is 0 Å². The minimum atomic E-state index is 0.274. The highest BCUT2D eigenvalue weighted by atomic mass is 35.5. The second-order valence-corrected chi connectivity index (χ2v) is 7.34. The Labute approximate surface area is 126 Å². The molecule has 1 aromatic rings. The Morgan fingerprint density at radius 3 is 2.42 bits per heavy atom. The Bertz CT molecular complexity index is 432. The number of hydrogen-bond acceptors (Lipinski definition) is 1. The predicted molar refractivity (Wildman–Crippen MR) is 84.0 cm³/mol. The van der Waals surface area contributed by atoms with Gasteiger partial charge in [0.05, 0.1) is 0 Å². The van der Waals surface area contributed by atoms with Crippen LogP contribution in [0.5, 0.6) is 0 Å². The van der Waals surface area contributed by atoms with E-state index in [0.29, 0.717) is 16.5 Å². The number of nitrogens with one attached hydrogen (secondary N) is 1. The molecule has 0 spiro atoms. The van der Waals surface area contributed by atoms with Gasteiger partial charge in [0.2, 0.25) is 0 Å². The molecule has 106 valence electrons. The normalized spacial score (nSPS) is 21.3. The van der Waals surface area contributed by atoms with E-state index in [2.05, 4.69) is 26.1 Å². The minimum absolute atomic E-state index is 0.274. The first-order chi connectivity index (χ1) is 8.87. The fourth-order valence-electron chi connectivity index (χ4n) is 2.86. The molecule has 1 nitrogen and oxygen atoms in total. The van der Waals surface area contributed by atoms with Gasteiger partial charge in [-0.15, -0.1) is 0 Å². The Hall–Kier alpha value is -0.240. The maximum absolute atomic E-state index is 6.26. The molecule has 0 radical (unpaired) electrons. The molecule has 1 saturated carbocycles. The molecule has 1 fully saturated rings. The summed E-state index contributed by atoms with van der Waals surface area (Å²) in [5, 5.41) is 5.15. The zero-order valence-electron chi connectivity index (χ0n) is 12.0. The summed E-state index contributed by atoms with van der Waals surface area (Å²) in [6.45, 7) is 6.90. The van der Waals surface area contributed by atoms with Crippen LogP contribution in [0.15, 0.2) is 18.2 Å². The summed E-state index contributed by atoms with van der Waals surface area (Å²) in [5.74, 6) is 0. The number of benzene rings is 1. The lowest BCUT2D eigenvalue weighted by Crippen LogP contribution is -2.37. The van der Waals surface area contributed by atoms with Crippen LogP contribution in [0.1, 0.15) is 58.1 Å². The van der Waals surface area contributed by atoms with Crippen molar-refractivity contribution >= 4 is 23.2 Å². The first-order valence-electron chi connectivity index (χ1n) is 7.08. The first kappa shape index (κ1) is 15.2. The van der Waals surface area contributed by atoms with Gasteiger partial charge in [-0.2, -0.15) is 0 Å². The Balaban J connectivity index is 1.96. The van der Waals surface area contributed by atoms with Crippen molar-refractivity contribution in [1.29, 1.82) is 0 Å². The van der Waals surface area contributed by atoms with Gasteiger partial charge in [0.25, 0.3) is 0 Å². The summed E-state index contributed by atoms with van der Waals surface area (Å²) in [6, 6.07) is 6.63. The second kappa shape index (κ2) is 6.03. The summed E-state index contributed by atoms with van der Waals surface area (Å²) in [4.78, 5) is 0. The molecular formula is C16H23Cl2N. The molecule has 2 rings (SSSR count). The average molecular weight is 300 g/mol. The summed E-state index contributed by atoms with van der Waals surface area (Å²) in [6.07, 6.45) is 5.10. The second-order valence-electron chi connectivity index (χ2n) is 6.49. The van der Waals surface area contributed by atoms with Crippen molar-refractivity contribution in [2.24, 2.45) is 5.41 Å². The number of hydrogen-bond donors (Lipinski definition) is 1. The van der Waals surface area contributed by atoms with Crippen molar-refractivity contribution in [3.63, 3.8) is 0 Å². The Morgan fingerprint density at radius 2 is 1.84 bits per heavy atom. The van der Waals surface area contributed by atoms with Gasteiger partial charge >= 0.3 is 0 Å². The van der Waals surface area contributed by atoms with E-state index in [1.54, 1.807) is 0 Å². The van der Waals surface area contributed by atoms with Crippen LogP contribution in [-0.2, 0) is 0 Å². The molecule has 1 N–H and O–H groups in total. The standard InChI is InChI=1S/C16H23Cl2N/c1-11(14-5-4-12(17)10-15(14)18)19-13-6-8-16(2,3)9-7-13/h4-5,10-11,13,19H,6-9H2,1-3H3. The van der Waals surface area contributed by atoms with E-state index in [1.165, 1.54) is 25.7 Å². The van der Waals surface area contributed by atoms with Crippen molar-refractivity contribution < 1.29 is 0 Å². The van der Waals surface area contributed by atoms with Crippen LogP contribution in [0.2, 0.25) is 10.0 Å². The molecule has 1 unspecified atom stereocenters. The van der Waals surface area contributed by atoms with Crippen LogP contribution in [0.25, 0.3) is 0 Å². The van der Waals surface area contributed by atoms with Gasteiger partial charge in [0.15, 0.2) is 0 Å². The molecule has 1 aliphatic rings. The molecule has 1 aromatic carbocycles. The molecule has 3 heteroatoms. The van der Waals surface area contributed by atoms with Crippen LogP contribution in [0.4, 0.5) is 0 Å². The largest absolute Gasteiger partial charge is 0.307 e. The van der Waals surface area contributed by atoms with Gasteiger partial charge in [0, 0.05) is 22.1 Å². The molecule has 1 atom stereocenters. The highest BCUT2D eigenvalue weighted by Crippen LogP contribution is 2.36. The number of halogens is 2. The van der Waals surface area contributed by atoms with Crippen molar-refractivity contribution in [3.05, 3.63) is 33.8 Å². The van der Waals surface area contributed by atoms with Crippen LogP contribution in [0.3, 0.4) is 0 Å². The maximum Gasteiger partial charge on any atom is 0.0468 e. The monoisotopic (exact) mass is 299 g/mol. The van der Waals surface area contributed by atoms with E-state index in [-0.39, 0.29) is 6.04 Å². The lowest BCUT2D eigenvalue weighted by molar-refractivity contribution is 0.200. The van der Waals surface area contributed by atoms with Crippen LogP contribution in [0, 0.1) is 5.41 Å². The van der Waals surface area contributed by atoms with E-state index in [1.807, 2.05) is 18.2 Å². The molecule has 0 heterocycles. The van der Waals surface area contributed by atoms with Gasteiger partial charge in [-0.1, -0.05) is 43.1 Å². The lowest BCUT2D eigenvalue weighted by Gasteiger charge is -2.36. The summed E-state index contributed by atoms with van der Waals surface area (Å²) in [5.41, 5.74) is 1.65.